The van der Waals surface area contributed by atoms with Gasteiger partial charge in [-0.25, -0.2) is 18.5 Å². The first-order valence-electron chi connectivity index (χ1n) is 11.2. The van der Waals surface area contributed by atoms with E-state index in [1.807, 2.05) is 39.0 Å². The zero-order valence-corrected chi connectivity index (χ0v) is 21.8. The zero-order valence-electron chi connectivity index (χ0n) is 20.1. The molecule has 0 unspecified atom stereocenters. The summed E-state index contributed by atoms with van der Waals surface area (Å²) in [7, 11) is -3.73. The lowest BCUT2D eigenvalue weighted by Crippen LogP contribution is -2.28. The maximum atomic E-state index is 12.6. The molecule has 0 aliphatic carbocycles. The monoisotopic (exact) mass is 525 g/mol. The van der Waals surface area contributed by atoms with E-state index in [4.69, 9.17) is 10.5 Å². The van der Waals surface area contributed by atoms with Gasteiger partial charge in [0, 0.05) is 17.9 Å². The first-order valence-corrected chi connectivity index (χ1v) is 13.7. The molecule has 12 heteroatoms. The second-order valence-corrected chi connectivity index (χ2v) is 11.0. The van der Waals surface area contributed by atoms with Gasteiger partial charge in [-0.15, -0.1) is 0 Å². The summed E-state index contributed by atoms with van der Waals surface area (Å²) in [5, 5.41) is 25.1. The lowest BCUT2D eigenvalue weighted by Gasteiger charge is -2.14. The van der Waals surface area contributed by atoms with Crippen molar-refractivity contribution in [3.05, 3.63) is 70.3 Å². The van der Waals surface area contributed by atoms with Crippen LogP contribution in [0.25, 0.3) is 16.7 Å². The van der Waals surface area contributed by atoms with Crippen molar-refractivity contribution in [3.8, 4) is 5.69 Å². The van der Waals surface area contributed by atoms with Crippen LogP contribution in [-0.4, -0.2) is 46.4 Å². The fourth-order valence-electron chi connectivity index (χ4n) is 3.70. The van der Waals surface area contributed by atoms with Gasteiger partial charge in [-0.05, 0) is 68.1 Å². The number of aromatic nitrogens is 4. The molecule has 0 saturated carbocycles. The topological polar surface area (TPSA) is 160 Å². The smallest absolute Gasteiger partial charge is 0.238 e. The standard InChI is InChI=1S/C24H27N7O3S2/c1-14-4-7-18(12-15(14)2)31-22(25)21-16(3)29-30-23(21)28-24(31)35-13-20(32)27-11-10-17-5-8-19(9-6-17)36(26,33)34/h4-9,12,25H,10-11,13H2,1-3H3,(H,27,32)(H,29,30)(H2,26,33,34). The number of fused-ring (bicyclic) bond motifs is 1. The molecule has 2 heterocycles. The number of benzene rings is 2. The van der Waals surface area contributed by atoms with E-state index in [9.17, 15) is 13.2 Å². The van der Waals surface area contributed by atoms with Crippen molar-refractivity contribution < 1.29 is 13.2 Å². The number of primary sulfonamides is 1. The minimum atomic E-state index is -3.73. The Morgan fingerprint density at radius 1 is 1.14 bits per heavy atom. The number of amides is 1. The fourth-order valence-corrected chi connectivity index (χ4v) is 5.06. The Kier molecular flexibility index (Phi) is 7.29. The molecule has 10 nitrogen and oxygen atoms in total. The van der Waals surface area contributed by atoms with Crippen LogP contribution in [0.3, 0.4) is 0 Å². The number of nitrogens with zero attached hydrogens (tertiary/aromatic N) is 3. The van der Waals surface area contributed by atoms with Crippen molar-refractivity contribution in [2.24, 2.45) is 5.14 Å². The second-order valence-electron chi connectivity index (χ2n) is 8.47. The predicted molar refractivity (Wildman–Crippen MR) is 139 cm³/mol. The summed E-state index contributed by atoms with van der Waals surface area (Å²) in [6.45, 7) is 6.28. The number of carbonyl (C=O) groups is 1. The molecule has 0 aliphatic heterocycles. The molecule has 36 heavy (non-hydrogen) atoms. The van der Waals surface area contributed by atoms with Gasteiger partial charge in [0.05, 0.1) is 16.0 Å². The van der Waals surface area contributed by atoms with Crippen LogP contribution in [0.4, 0.5) is 0 Å². The molecule has 0 radical (unpaired) electrons. The summed E-state index contributed by atoms with van der Waals surface area (Å²) >= 11 is 1.23. The molecule has 0 atom stereocenters. The van der Waals surface area contributed by atoms with Crippen LogP contribution in [0.1, 0.15) is 22.4 Å². The average Bonchev–Trinajstić information content (AvgIpc) is 3.20. The Balaban J connectivity index is 1.48. The van der Waals surface area contributed by atoms with E-state index in [0.29, 0.717) is 29.2 Å². The highest BCUT2D eigenvalue weighted by Gasteiger charge is 2.16. The van der Waals surface area contributed by atoms with Crippen molar-refractivity contribution in [1.29, 1.82) is 5.41 Å². The second kappa shape index (κ2) is 10.2. The number of nitrogens with two attached hydrogens (primary N) is 1. The Bertz CT molecular complexity index is 1610. The van der Waals surface area contributed by atoms with Gasteiger partial charge in [0.25, 0.3) is 0 Å². The van der Waals surface area contributed by atoms with Crippen LogP contribution in [0, 0.1) is 26.2 Å². The Morgan fingerprint density at radius 3 is 2.53 bits per heavy atom. The summed E-state index contributed by atoms with van der Waals surface area (Å²) in [6, 6.07) is 12.2. The van der Waals surface area contributed by atoms with Crippen molar-refractivity contribution >= 4 is 38.7 Å². The van der Waals surface area contributed by atoms with Crippen LogP contribution in [0.2, 0.25) is 0 Å². The lowest BCUT2D eigenvalue weighted by molar-refractivity contribution is -0.118. The van der Waals surface area contributed by atoms with Crippen molar-refractivity contribution in [2.45, 2.75) is 37.2 Å². The number of H-pyrrole nitrogens is 1. The number of hydrogen-bond acceptors (Lipinski definition) is 7. The van der Waals surface area contributed by atoms with E-state index in [1.54, 1.807) is 16.7 Å². The molecular formula is C24H27N7O3S2. The molecule has 2 aromatic carbocycles. The first kappa shape index (κ1) is 25.6. The summed E-state index contributed by atoms with van der Waals surface area (Å²) in [5.74, 6) is -0.0734. The lowest BCUT2D eigenvalue weighted by atomic mass is 10.1. The Labute approximate surface area is 212 Å². The largest absolute Gasteiger partial charge is 0.355 e. The van der Waals surface area contributed by atoms with E-state index in [0.717, 1.165) is 28.1 Å². The molecule has 4 rings (SSSR count). The normalized spacial score (nSPS) is 11.7. The van der Waals surface area contributed by atoms with Crippen molar-refractivity contribution in [2.75, 3.05) is 12.3 Å². The van der Waals surface area contributed by atoms with E-state index in [-0.39, 0.29) is 22.0 Å². The van der Waals surface area contributed by atoms with Gasteiger partial charge in [-0.3, -0.25) is 19.9 Å². The molecule has 0 saturated heterocycles. The summed E-state index contributed by atoms with van der Waals surface area (Å²) in [6.07, 6.45) is 0.539. The molecule has 0 fully saturated rings. The molecule has 188 valence electrons. The molecule has 0 bridgehead atoms. The maximum Gasteiger partial charge on any atom is 0.238 e. The third-order valence-electron chi connectivity index (χ3n) is 5.85. The fraction of sp³-hybridized carbons (Fsp3) is 0.250. The zero-order chi connectivity index (χ0) is 26.0. The van der Waals surface area contributed by atoms with E-state index < -0.39 is 10.0 Å². The number of aryl methyl sites for hydroxylation is 3. The third-order valence-corrected chi connectivity index (χ3v) is 7.72. The molecular weight excluding hydrogens is 498 g/mol. The van der Waals surface area contributed by atoms with Crippen LogP contribution in [-0.2, 0) is 21.2 Å². The van der Waals surface area contributed by atoms with Gasteiger partial charge in [0.1, 0.15) is 5.49 Å². The highest BCUT2D eigenvalue weighted by Crippen LogP contribution is 2.23. The molecule has 5 N–H and O–H groups in total. The molecule has 1 amide bonds. The average molecular weight is 526 g/mol. The number of sulfonamides is 1. The van der Waals surface area contributed by atoms with Crippen LogP contribution >= 0.6 is 11.8 Å². The summed E-state index contributed by atoms with van der Waals surface area (Å²) in [4.78, 5) is 17.2. The van der Waals surface area contributed by atoms with Gasteiger partial charge in [-0.2, -0.15) is 5.10 Å². The number of thioether (sulfide) groups is 1. The number of carbonyl (C=O) groups excluding carboxylic acids is 1. The van der Waals surface area contributed by atoms with Gasteiger partial charge >= 0.3 is 0 Å². The third kappa shape index (κ3) is 5.50. The number of rotatable bonds is 8. The van der Waals surface area contributed by atoms with Crippen LogP contribution in [0.15, 0.2) is 52.5 Å². The Hall–Kier alpha value is -3.48. The minimum absolute atomic E-state index is 0.0501. The molecule has 0 aliphatic rings. The summed E-state index contributed by atoms with van der Waals surface area (Å²) in [5.41, 5.74) is 5.35. The number of hydrogen-bond donors (Lipinski definition) is 4. The summed E-state index contributed by atoms with van der Waals surface area (Å²) < 4.78 is 24.5. The van der Waals surface area contributed by atoms with Crippen molar-refractivity contribution in [3.63, 3.8) is 0 Å². The Morgan fingerprint density at radius 2 is 1.86 bits per heavy atom. The van der Waals surface area contributed by atoms with Crippen LogP contribution < -0.4 is 15.9 Å². The SMILES string of the molecule is Cc1ccc(-n2c(SCC(=O)NCCc3ccc(S(N)(=O)=O)cc3)nc3n[nH]c(C)c3c2=N)cc1C. The quantitative estimate of drug-likeness (QED) is 0.204. The molecule has 2 aromatic heterocycles. The van der Waals surface area contributed by atoms with Crippen molar-refractivity contribution in [1.82, 2.24) is 25.1 Å². The highest BCUT2D eigenvalue weighted by molar-refractivity contribution is 7.99. The van der Waals surface area contributed by atoms with Gasteiger partial charge in [0.15, 0.2) is 10.8 Å². The van der Waals surface area contributed by atoms with E-state index in [1.165, 1.54) is 23.9 Å². The number of aromatic amines is 1. The highest BCUT2D eigenvalue weighted by atomic mass is 32.2. The van der Waals surface area contributed by atoms with E-state index >= 15 is 0 Å². The molecule has 0 spiro atoms. The first-order chi connectivity index (χ1) is 17.0. The molecule has 4 aromatic rings. The van der Waals surface area contributed by atoms with E-state index in [2.05, 4.69) is 20.5 Å². The predicted octanol–water partition coefficient (Wildman–Crippen LogP) is 2.25. The van der Waals surface area contributed by atoms with Gasteiger partial charge in [-0.1, -0.05) is 30.0 Å². The number of nitrogens with one attached hydrogen (secondary N) is 3. The maximum absolute atomic E-state index is 12.6. The van der Waals surface area contributed by atoms with Gasteiger partial charge < -0.3 is 5.32 Å². The minimum Gasteiger partial charge on any atom is -0.355 e. The van der Waals surface area contributed by atoms with Gasteiger partial charge in [0.2, 0.25) is 15.9 Å². The van der Waals surface area contributed by atoms with Crippen LogP contribution in [0.5, 0.6) is 0 Å².